The van der Waals surface area contributed by atoms with Gasteiger partial charge in [0, 0.05) is 44.1 Å². The molecule has 0 unspecified atom stereocenters. The predicted molar refractivity (Wildman–Crippen MR) is 131 cm³/mol. The number of rotatable bonds is 7. The molecule has 34 heavy (non-hydrogen) atoms. The largest absolute Gasteiger partial charge is 0.361 e. The Hall–Kier alpha value is -1.97. The molecule has 5 rings (SSSR count). The highest BCUT2D eigenvalue weighted by Gasteiger charge is 2.38. The molecular formula is C25H36FN5O2S. The molecule has 0 radical (unpaired) electrons. The van der Waals surface area contributed by atoms with E-state index in [9.17, 15) is 12.8 Å². The lowest BCUT2D eigenvalue weighted by atomic mass is 9.97. The van der Waals surface area contributed by atoms with Crippen molar-refractivity contribution in [2.24, 2.45) is 5.92 Å². The molecule has 1 saturated carbocycles. The maximum atomic E-state index is 13.7. The summed E-state index contributed by atoms with van der Waals surface area (Å²) in [6, 6.07) is 8.21. The standard InChI is InChI=1S/C25H36FN5O2S/c26-22-11-13-29(14-12-22)34(32,33)30-16-21-7-3-4-8-25(21)31(17-23-15-27-19-28-23)24(18-30)10-9-20-5-1-2-6-20/h3-4,7-8,15,19-20,22,24H,1-2,5-6,9-14,16-18H2,(H,27,28)/t24-/m0/s1. The van der Waals surface area contributed by atoms with Gasteiger partial charge in [0.15, 0.2) is 0 Å². The Morgan fingerprint density at radius 3 is 2.53 bits per heavy atom. The number of H-pyrrole nitrogens is 1. The van der Waals surface area contributed by atoms with Gasteiger partial charge < -0.3 is 9.88 Å². The van der Waals surface area contributed by atoms with Crippen LogP contribution in [0.5, 0.6) is 0 Å². The molecule has 3 heterocycles. The molecule has 1 saturated heterocycles. The second-order valence-electron chi connectivity index (χ2n) is 10.1. The van der Waals surface area contributed by atoms with Gasteiger partial charge in [0.05, 0.1) is 18.6 Å². The zero-order chi connectivity index (χ0) is 23.5. The van der Waals surface area contributed by atoms with Crippen LogP contribution < -0.4 is 4.90 Å². The number of nitrogens with one attached hydrogen (secondary N) is 1. The maximum Gasteiger partial charge on any atom is 0.282 e. The van der Waals surface area contributed by atoms with Crippen molar-refractivity contribution < 1.29 is 12.8 Å². The maximum absolute atomic E-state index is 13.7. The Morgan fingerprint density at radius 2 is 1.79 bits per heavy atom. The summed E-state index contributed by atoms with van der Waals surface area (Å²) < 4.78 is 44.3. The van der Waals surface area contributed by atoms with Gasteiger partial charge in [0.2, 0.25) is 0 Å². The van der Waals surface area contributed by atoms with Gasteiger partial charge in [-0.1, -0.05) is 43.9 Å². The van der Waals surface area contributed by atoms with E-state index >= 15 is 0 Å². The lowest BCUT2D eigenvalue weighted by Gasteiger charge is -2.36. The molecule has 1 aliphatic carbocycles. The highest BCUT2D eigenvalue weighted by atomic mass is 32.2. The first-order chi connectivity index (χ1) is 16.5. The van der Waals surface area contributed by atoms with Crippen molar-refractivity contribution >= 4 is 15.9 Å². The molecule has 1 N–H and O–H groups in total. The number of alkyl halides is 1. The van der Waals surface area contributed by atoms with Crippen molar-refractivity contribution in [3.63, 3.8) is 0 Å². The highest BCUT2D eigenvalue weighted by Crippen LogP contribution is 2.35. The van der Waals surface area contributed by atoms with E-state index in [2.05, 4.69) is 20.9 Å². The second kappa shape index (κ2) is 10.3. The van der Waals surface area contributed by atoms with Crippen molar-refractivity contribution in [2.75, 3.05) is 24.5 Å². The number of aromatic nitrogens is 2. The number of nitrogens with zero attached hydrogens (tertiary/aromatic N) is 4. The smallest absolute Gasteiger partial charge is 0.282 e. The molecule has 0 bridgehead atoms. The topological polar surface area (TPSA) is 72.5 Å². The third-order valence-corrected chi connectivity index (χ3v) is 9.77. The minimum Gasteiger partial charge on any atom is -0.361 e. The average Bonchev–Trinajstić information content (AvgIpc) is 3.52. The summed E-state index contributed by atoms with van der Waals surface area (Å²) in [6.07, 6.45) is 10.4. The van der Waals surface area contributed by atoms with Gasteiger partial charge in [-0.3, -0.25) is 0 Å². The van der Waals surface area contributed by atoms with Crippen LogP contribution in [-0.4, -0.2) is 58.8 Å². The van der Waals surface area contributed by atoms with Crippen LogP contribution in [0.2, 0.25) is 0 Å². The molecule has 3 aliphatic rings. The van der Waals surface area contributed by atoms with E-state index in [1.807, 2.05) is 24.4 Å². The van der Waals surface area contributed by atoms with E-state index in [0.717, 1.165) is 35.7 Å². The summed E-state index contributed by atoms with van der Waals surface area (Å²) in [4.78, 5) is 9.80. The Morgan fingerprint density at radius 1 is 1.03 bits per heavy atom. The normalized spacial score (nSPS) is 23.8. The number of aromatic amines is 1. The Bertz CT molecular complexity index is 1030. The van der Waals surface area contributed by atoms with Crippen LogP contribution in [-0.2, 0) is 23.3 Å². The molecule has 2 aliphatic heterocycles. The first-order valence-corrected chi connectivity index (χ1v) is 14.1. The molecule has 0 spiro atoms. The fourth-order valence-electron chi connectivity index (χ4n) is 5.85. The first kappa shape index (κ1) is 23.8. The molecule has 7 nitrogen and oxygen atoms in total. The number of piperidine rings is 1. The van der Waals surface area contributed by atoms with Gasteiger partial charge in [-0.15, -0.1) is 0 Å². The van der Waals surface area contributed by atoms with Gasteiger partial charge >= 0.3 is 0 Å². The van der Waals surface area contributed by atoms with Gasteiger partial charge in [0.1, 0.15) is 6.17 Å². The molecule has 2 fully saturated rings. The minimum atomic E-state index is -3.68. The SMILES string of the molecule is O=S(=O)(N1CCC(F)CC1)N1Cc2ccccc2N(Cc2cnc[nH]2)[C@@H](CCC2CCCC2)C1. The molecule has 1 aromatic heterocycles. The summed E-state index contributed by atoms with van der Waals surface area (Å²) in [6.45, 7) is 1.95. The van der Waals surface area contributed by atoms with Gasteiger partial charge in [-0.05, 0) is 43.2 Å². The number of hydrogen-bond acceptors (Lipinski definition) is 4. The van der Waals surface area contributed by atoms with Gasteiger partial charge in [-0.2, -0.15) is 17.0 Å². The molecule has 0 amide bonds. The van der Waals surface area contributed by atoms with E-state index in [1.54, 1.807) is 10.6 Å². The monoisotopic (exact) mass is 489 g/mol. The number of benzene rings is 1. The van der Waals surface area contributed by atoms with E-state index in [4.69, 9.17) is 0 Å². The number of halogens is 1. The van der Waals surface area contributed by atoms with Crippen LogP contribution in [0.25, 0.3) is 0 Å². The molecule has 186 valence electrons. The zero-order valence-corrected chi connectivity index (χ0v) is 20.6. The second-order valence-corrected chi connectivity index (χ2v) is 12.0. The number of fused-ring (bicyclic) bond motifs is 1. The van der Waals surface area contributed by atoms with Crippen LogP contribution in [0.3, 0.4) is 0 Å². The Kier molecular flexibility index (Phi) is 7.22. The summed E-state index contributed by atoms with van der Waals surface area (Å²) in [5, 5.41) is 0. The van der Waals surface area contributed by atoms with Gasteiger partial charge in [0.25, 0.3) is 10.2 Å². The van der Waals surface area contributed by atoms with Crippen molar-refractivity contribution in [1.82, 2.24) is 18.6 Å². The molecule has 9 heteroatoms. The van der Waals surface area contributed by atoms with Crippen LogP contribution in [0.4, 0.5) is 10.1 Å². The quantitative estimate of drug-likeness (QED) is 0.631. The molecule has 2 aromatic rings. The fourth-order valence-corrected chi connectivity index (χ4v) is 7.51. The number of para-hydroxylation sites is 1. The van der Waals surface area contributed by atoms with E-state index < -0.39 is 16.4 Å². The first-order valence-electron chi connectivity index (χ1n) is 12.7. The third-order valence-electron chi connectivity index (χ3n) is 7.82. The average molecular weight is 490 g/mol. The number of anilines is 1. The van der Waals surface area contributed by atoms with Crippen LogP contribution in [0.1, 0.15) is 62.6 Å². The lowest BCUT2D eigenvalue weighted by molar-refractivity contribution is 0.200. The summed E-state index contributed by atoms with van der Waals surface area (Å²) >= 11 is 0. The molecule has 1 aromatic carbocycles. The van der Waals surface area contributed by atoms with Crippen LogP contribution >= 0.6 is 0 Å². The Balaban J connectivity index is 1.46. The number of hydrogen-bond donors (Lipinski definition) is 1. The lowest BCUT2D eigenvalue weighted by Crippen LogP contribution is -2.50. The van der Waals surface area contributed by atoms with Crippen molar-refractivity contribution in [3.8, 4) is 0 Å². The molecule has 1 atom stereocenters. The van der Waals surface area contributed by atoms with Crippen molar-refractivity contribution in [3.05, 3.63) is 48.0 Å². The minimum absolute atomic E-state index is 0.0565. The van der Waals surface area contributed by atoms with E-state index in [1.165, 1.54) is 30.0 Å². The zero-order valence-electron chi connectivity index (χ0n) is 19.8. The summed E-state index contributed by atoms with van der Waals surface area (Å²) in [7, 11) is -3.68. The summed E-state index contributed by atoms with van der Waals surface area (Å²) in [5.74, 6) is 0.737. The van der Waals surface area contributed by atoms with Crippen molar-refractivity contribution in [1.29, 1.82) is 0 Å². The Labute approximate surface area is 202 Å². The fraction of sp³-hybridized carbons (Fsp3) is 0.640. The summed E-state index contributed by atoms with van der Waals surface area (Å²) in [5.41, 5.74) is 3.12. The highest BCUT2D eigenvalue weighted by molar-refractivity contribution is 7.86. The van der Waals surface area contributed by atoms with E-state index in [0.29, 0.717) is 19.6 Å². The number of imidazole rings is 1. The molecular weight excluding hydrogens is 453 g/mol. The van der Waals surface area contributed by atoms with Gasteiger partial charge in [-0.25, -0.2) is 9.37 Å². The van der Waals surface area contributed by atoms with E-state index in [-0.39, 0.29) is 32.0 Å². The predicted octanol–water partition coefficient (Wildman–Crippen LogP) is 4.25. The van der Waals surface area contributed by atoms with Crippen LogP contribution in [0.15, 0.2) is 36.8 Å². The van der Waals surface area contributed by atoms with Crippen molar-refractivity contribution in [2.45, 2.75) is 76.7 Å². The van der Waals surface area contributed by atoms with Crippen LogP contribution in [0, 0.1) is 5.92 Å². The third kappa shape index (κ3) is 5.16.